The molecule has 0 spiro atoms. The molecule has 146 valence electrons. The molecule has 8 nitrogen and oxygen atoms in total. The van der Waals surface area contributed by atoms with E-state index in [2.05, 4.69) is 21.3 Å². The van der Waals surface area contributed by atoms with Gasteiger partial charge in [-0.1, -0.05) is 30.3 Å². The fourth-order valence-corrected chi connectivity index (χ4v) is 2.28. The average molecular weight is 382 g/mol. The molecular formula is C20H22N4O4. The van der Waals surface area contributed by atoms with E-state index in [-0.39, 0.29) is 12.5 Å². The molecule has 0 saturated carbocycles. The Morgan fingerprint density at radius 3 is 1.96 bits per heavy atom. The molecule has 0 aliphatic carbocycles. The summed E-state index contributed by atoms with van der Waals surface area (Å²) in [5.74, 6) is -2.38. The molecule has 2 aromatic carbocycles. The number of rotatable bonds is 6. The van der Waals surface area contributed by atoms with Crippen LogP contribution in [0.25, 0.3) is 0 Å². The smallest absolute Gasteiger partial charge is 0.309 e. The highest BCUT2D eigenvalue weighted by atomic mass is 16.2. The summed E-state index contributed by atoms with van der Waals surface area (Å²) in [6.45, 7) is 3.09. The molecule has 0 saturated heterocycles. The van der Waals surface area contributed by atoms with Crippen molar-refractivity contribution in [2.45, 2.75) is 26.4 Å². The van der Waals surface area contributed by atoms with Gasteiger partial charge in [-0.3, -0.25) is 19.2 Å². The summed E-state index contributed by atoms with van der Waals surface area (Å²) in [6, 6.07) is 14.8. The Bertz CT molecular complexity index is 850. The molecule has 4 N–H and O–H groups in total. The maximum Gasteiger partial charge on any atom is 0.309 e. The number of carbonyl (C=O) groups is 4. The Morgan fingerprint density at radius 1 is 0.821 bits per heavy atom. The third-order valence-electron chi connectivity index (χ3n) is 3.72. The van der Waals surface area contributed by atoms with Gasteiger partial charge in [0.2, 0.25) is 11.8 Å². The lowest BCUT2D eigenvalue weighted by molar-refractivity contribution is -0.140. The lowest BCUT2D eigenvalue weighted by atomic mass is 10.2. The van der Waals surface area contributed by atoms with Crippen LogP contribution in [-0.2, 0) is 25.7 Å². The first-order valence-electron chi connectivity index (χ1n) is 8.66. The fraction of sp³-hybridized carbons (Fsp3) is 0.200. The van der Waals surface area contributed by atoms with Crippen molar-refractivity contribution in [3.63, 3.8) is 0 Å². The molecule has 0 aliphatic rings. The third-order valence-corrected chi connectivity index (χ3v) is 3.72. The predicted octanol–water partition coefficient (Wildman–Crippen LogP) is 1.40. The standard InChI is InChI=1S/C20H22N4O4/c1-13(18(26)24-17-10-8-16(9-11-17)23-14(2)25)22-20(28)19(27)21-12-15-6-4-3-5-7-15/h3-11,13H,12H2,1-2H3,(H,21,27)(H,22,28)(H,23,25)(H,24,26). The molecule has 0 aromatic heterocycles. The second-order valence-corrected chi connectivity index (χ2v) is 6.11. The summed E-state index contributed by atoms with van der Waals surface area (Å²) in [5, 5.41) is 10.1. The van der Waals surface area contributed by atoms with E-state index in [0.717, 1.165) is 5.56 Å². The lowest BCUT2D eigenvalue weighted by Crippen LogP contribution is -2.47. The fourth-order valence-electron chi connectivity index (χ4n) is 2.28. The van der Waals surface area contributed by atoms with E-state index in [9.17, 15) is 19.2 Å². The van der Waals surface area contributed by atoms with Crippen molar-refractivity contribution in [2.24, 2.45) is 0 Å². The van der Waals surface area contributed by atoms with Crippen LogP contribution in [0.4, 0.5) is 11.4 Å². The zero-order valence-corrected chi connectivity index (χ0v) is 15.6. The molecule has 8 heteroatoms. The summed E-state index contributed by atoms with van der Waals surface area (Å²) in [4.78, 5) is 47.0. The molecule has 2 aromatic rings. The number of hydrogen-bond acceptors (Lipinski definition) is 4. The molecular weight excluding hydrogens is 360 g/mol. The minimum absolute atomic E-state index is 0.196. The highest BCUT2D eigenvalue weighted by Gasteiger charge is 2.20. The quantitative estimate of drug-likeness (QED) is 0.565. The zero-order valence-electron chi connectivity index (χ0n) is 15.6. The largest absolute Gasteiger partial charge is 0.344 e. The van der Waals surface area contributed by atoms with Crippen molar-refractivity contribution < 1.29 is 19.2 Å². The van der Waals surface area contributed by atoms with Gasteiger partial charge in [0.05, 0.1) is 0 Å². The summed E-state index contributed by atoms with van der Waals surface area (Å²) in [6.07, 6.45) is 0. The number of benzene rings is 2. The molecule has 1 unspecified atom stereocenters. The van der Waals surface area contributed by atoms with Crippen LogP contribution in [0.2, 0.25) is 0 Å². The molecule has 1 atom stereocenters. The van der Waals surface area contributed by atoms with Gasteiger partial charge in [-0.2, -0.15) is 0 Å². The molecule has 0 radical (unpaired) electrons. The maximum absolute atomic E-state index is 12.2. The van der Waals surface area contributed by atoms with Gasteiger partial charge in [-0.05, 0) is 36.8 Å². The van der Waals surface area contributed by atoms with Gasteiger partial charge in [-0.25, -0.2) is 0 Å². The predicted molar refractivity (Wildman–Crippen MR) is 105 cm³/mol. The summed E-state index contributed by atoms with van der Waals surface area (Å²) in [5.41, 5.74) is 1.95. The van der Waals surface area contributed by atoms with E-state index in [4.69, 9.17) is 0 Å². The Labute approximate surface area is 162 Å². The molecule has 2 rings (SSSR count). The second-order valence-electron chi connectivity index (χ2n) is 6.11. The topological polar surface area (TPSA) is 116 Å². The Balaban J connectivity index is 1.81. The van der Waals surface area contributed by atoms with Crippen LogP contribution < -0.4 is 21.3 Å². The highest BCUT2D eigenvalue weighted by Crippen LogP contribution is 2.13. The van der Waals surface area contributed by atoms with Crippen molar-refractivity contribution in [3.8, 4) is 0 Å². The SMILES string of the molecule is CC(=O)Nc1ccc(NC(=O)C(C)NC(=O)C(=O)NCc2ccccc2)cc1. The maximum atomic E-state index is 12.2. The summed E-state index contributed by atoms with van der Waals surface area (Å²) >= 11 is 0. The van der Waals surface area contributed by atoms with Gasteiger partial charge >= 0.3 is 11.8 Å². The van der Waals surface area contributed by atoms with Crippen molar-refractivity contribution in [2.75, 3.05) is 10.6 Å². The second kappa shape index (κ2) is 9.86. The van der Waals surface area contributed by atoms with Gasteiger partial charge in [0.15, 0.2) is 0 Å². The first kappa shape index (κ1) is 20.6. The number of anilines is 2. The van der Waals surface area contributed by atoms with Crippen LogP contribution in [0.3, 0.4) is 0 Å². The minimum atomic E-state index is -0.912. The van der Waals surface area contributed by atoms with Gasteiger partial charge in [0.1, 0.15) is 6.04 Å². The highest BCUT2D eigenvalue weighted by molar-refractivity contribution is 6.35. The van der Waals surface area contributed by atoms with Crippen LogP contribution in [0.5, 0.6) is 0 Å². The lowest BCUT2D eigenvalue weighted by Gasteiger charge is -2.14. The van der Waals surface area contributed by atoms with E-state index in [1.165, 1.54) is 13.8 Å². The molecule has 0 fully saturated rings. The van der Waals surface area contributed by atoms with Crippen LogP contribution in [0.1, 0.15) is 19.4 Å². The molecule has 0 bridgehead atoms. The van der Waals surface area contributed by atoms with Crippen LogP contribution >= 0.6 is 0 Å². The summed E-state index contributed by atoms with van der Waals surface area (Å²) in [7, 11) is 0. The third kappa shape index (κ3) is 6.56. The number of amides is 4. The monoisotopic (exact) mass is 382 g/mol. The van der Waals surface area contributed by atoms with Gasteiger partial charge in [0, 0.05) is 24.8 Å². The van der Waals surface area contributed by atoms with Crippen LogP contribution in [0.15, 0.2) is 54.6 Å². The zero-order chi connectivity index (χ0) is 20.5. The Morgan fingerprint density at radius 2 is 1.39 bits per heavy atom. The van der Waals surface area contributed by atoms with E-state index in [1.54, 1.807) is 24.3 Å². The molecule has 28 heavy (non-hydrogen) atoms. The van der Waals surface area contributed by atoms with Crippen LogP contribution in [0, 0.1) is 0 Å². The van der Waals surface area contributed by atoms with E-state index < -0.39 is 23.8 Å². The normalized spacial score (nSPS) is 11.1. The molecule has 4 amide bonds. The van der Waals surface area contributed by atoms with Crippen LogP contribution in [-0.4, -0.2) is 29.7 Å². The summed E-state index contributed by atoms with van der Waals surface area (Å²) < 4.78 is 0. The van der Waals surface area contributed by atoms with Crippen molar-refractivity contribution in [1.29, 1.82) is 0 Å². The number of carbonyl (C=O) groups excluding carboxylic acids is 4. The van der Waals surface area contributed by atoms with E-state index >= 15 is 0 Å². The van der Waals surface area contributed by atoms with Crippen molar-refractivity contribution >= 4 is 35.0 Å². The van der Waals surface area contributed by atoms with Gasteiger partial charge in [0.25, 0.3) is 0 Å². The number of nitrogens with one attached hydrogen (secondary N) is 4. The first-order chi connectivity index (χ1) is 13.3. The Hall–Kier alpha value is -3.68. The van der Waals surface area contributed by atoms with Crippen molar-refractivity contribution in [1.82, 2.24) is 10.6 Å². The van der Waals surface area contributed by atoms with Crippen molar-refractivity contribution in [3.05, 3.63) is 60.2 Å². The van der Waals surface area contributed by atoms with Gasteiger partial charge < -0.3 is 21.3 Å². The number of hydrogen-bond donors (Lipinski definition) is 4. The average Bonchev–Trinajstić information content (AvgIpc) is 2.67. The minimum Gasteiger partial charge on any atom is -0.344 e. The van der Waals surface area contributed by atoms with E-state index in [0.29, 0.717) is 11.4 Å². The first-order valence-corrected chi connectivity index (χ1v) is 8.66. The van der Waals surface area contributed by atoms with Gasteiger partial charge in [-0.15, -0.1) is 0 Å². The van der Waals surface area contributed by atoms with E-state index in [1.807, 2.05) is 30.3 Å². The Kier molecular flexibility index (Phi) is 7.27. The molecule has 0 heterocycles. The molecule has 0 aliphatic heterocycles.